The summed E-state index contributed by atoms with van der Waals surface area (Å²) in [5, 5.41) is 9.79. The third-order valence-electron chi connectivity index (χ3n) is 2.68. The molecule has 1 heterocycles. The summed E-state index contributed by atoms with van der Waals surface area (Å²) in [6.45, 7) is 0.447. The molecule has 0 aliphatic rings. The summed E-state index contributed by atoms with van der Waals surface area (Å²) in [5.74, 6) is -0.258. The highest BCUT2D eigenvalue weighted by Gasteiger charge is 2.16. The van der Waals surface area contributed by atoms with Gasteiger partial charge in [-0.3, -0.25) is 9.78 Å². The van der Waals surface area contributed by atoms with Crippen molar-refractivity contribution in [3.63, 3.8) is 0 Å². The van der Waals surface area contributed by atoms with Crippen LogP contribution in [0.1, 0.15) is 15.9 Å². The van der Waals surface area contributed by atoms with Gasteiger partial charge in [0.05, 0.1) is 5.56 Å². The fraction of sp³-hybridized carbons (Fsp3) is 0.143. The molecule has 1 aromatic carbocycles. The van der Waals surface area contributed by atoms with Crippen molar-refractivity contribution in [2.24, 2.45) is 0 Å². The molecule has 1 amide bonds. The number of rotatable bonds is 3. The van der Waals surface area contributed by atoms with Crippen LogP contribution in [0.5, 0.6) is 5.75 Å². The van der Waals surface area contributed by atoms with Crippen molar-refractivity contribution in [3.05, 3.63) is 58.3 Å². The SMILES string of the molecule is CN(Cc1cccnc1)C(=O)c1ccc(Br)cc1O. The third-order valence-corrected chi connectivity index (χ3v) is 3.17. The fourth-order valence-corrected chi connectivity index (χ4v) is 2.08. The van der Waals surface area contributed by atoms with E-state index in [2.05, 4.69) is 20.9 Å². The van der Waals surface area contributed by atoms with Gasteiger partial charge in [0.15, 0.2) is 0 Å². The van der Waals surface area contributed by atoms with Gasteiger partial charge in [0.2, 0.25) is 0 Å². The van der Waals surface area contributed by atoms with Gasteiger partial charge < -0.3 is 10.0 Å². The van der Waals surface area contributed by atoms with Gasteiger partial charge >= 0.3 is 0 Å². The second-order valence-electron chi connectivity index (χ2n) is 4.18. The molecule has 0 unspecified atom stereocenters. The highest BCUT2D eigenvalue weighted by Crippen LogP contribution is 2.23. The van der Waals surface area contributed by atoms with Crippen molar-refractivity contribution >= 4 is 21.8 Å². The van der Waals surface area contributed by atoms with Crippen molar-refractivity contribution in [1.82, 2.24) is 9.88 Å². The maximum atomic E-state index is 12.2. The van der Waals surface area contributed by atoms with E-state index in [0.29, 0.717) is 6.54 Å². The standard InChI is InChI=1S/C14H13BrN2O2/c1-17(9-10-3-2-6-16-8-10)14(19)12-5-4-11(15)7-13(12)18/h2-8,18H,9H2,1H3. The number of hydrogen-bond donors (Lipinski definition) is 1. The summed E-state index contributed by atoms with van der Waals surface area (Å²) in [4.78, 5) is 17.8. The van der Waals surface area contributed by atoms with E-state index in [1.165, 1.54) is 6.07 Å². The van der Waals surface area contributed by atoms with Crippen LogP contribution in [0, 0.1) is 0 Å². The summed E-state index contributed by atoms with van der Waals surface area (Å²) >= 11 is 3.24. The predicted octanol–water partition coefficient (Wildman–Crippen LogP) is 2.82. The molecule has 0 aliphatic heterocycles. The molecule has 0 saturated carbocycles. The minimum Gasteiger partial charge on any atom is -0.507 e. The summed E-state index contributed by atoms with van der Waals surface area (Å²) < 4.78 is 0.733. The Balaban J connectivity index is 2.15. The molecule has 2 aromatic rings. The molecule has 1 aromatic heterocycles. The molecule has 0 atom stereocenters. The molecule has 0 radical (unpaired) electrons. The van der Waals surface area contributed by atoms with E-state index in [4.69, 9.17) is 0 Å². The van der Waals surface area contributed by atoms with Crippen LogP contribution < -0.4 is 0 Å². The fourth-order valence-electron chi connectivity index (χ4n) is 1.73. The van der Waals surface area contributed by atoms with Crippen LogP contribution in [0.25, 0.3) is 0 Å². The first-order valence-corrected chi connectivity index (χ1v) is 6.50. The Morgan fingerprint density at radius 2 is 2.21 bits per heavy atom. The molecular weight excluding hydrogens is 308 g/mol. The van der Waals surface area contributed by atoms with Gasteiger partial charge in [-0.1, -0.05) is 22.0 Å². The average Bonchev–Trinajstić information content (AvgIpc) is 2.39. The van der Waals surface area contributed by atoms with Crippen molar-refractivity contribution in [3.8, 4) is 5.75 Å². The first-order chi connectivity index (χ1) is 9.08. The molecule has 19 heavy (non-hydrogen) atoms. The van der Waals surface area contributed by atoms with E-state index in [0.717, 1.165) is 10.0 Å². The Kier molecular flexibility index (Phi) is 4.16. The first kappa shape index (κ1) is 13.5. The van der Waals surface area contributed by atoms with E-state index in [1.807, 2.05) is 12.1 Å². The first-order valence-electron chi connectivity index (χ1n) is 5.71. The number of carbonyl (C=O) groups excluding carboxylic acids is 1. The normalized spacial score (nSPS) is 10.2. The zero-order chi connectivity index (χ0) is 13.8. The van der Waals surface area contributed by atoms with Gasteiger partial charge in [0, 0.05) is 30.5 Å². The maximum Gasteiger partial charge on any atom is 0.257 e. The number of phenols is 1. The van der Waals surface area contributed by atoms with E-state index >= 15 is 0 Å². The van der Waals surface area contributed by atoms with Crippen LogP contribution in [0.4, 0.5) is 0 Å². The van der Waals surface area contributed by atoms with Crippen molar-refractivity contribution in [2.75, 3.05) is 7.05 Å². The number of hydrogen-bond acceptors (Lipinski definition) is 3. The highest BCUT2D eigenvalue weighted by molar-refractivity contribution is 9.10. The highest BCUT2D eigenvalue weighted by atomic mass is 79.9. The second-order valence-corrected chi connectivity index (χ2v) is 5.10. The number of aromatic hydroxyl groups is 1. The third kappa shape index (κ3) is 3.32. The molecule has 0 aliphatic carbocycles. The zero-order valence-corrected chi connectivity index (χ0v) is 12.0. The van der Waals surface area contributed by atoms with Gasteiger partial charge in [-0.25, -0.2) is 0 Å². The van der Waals surface area contributed by atoms with Crippen molar-refractivity contribution in [2.45, 2.75) is 6.54 Å². The summed E-state index contributed by atoms with van der Waals surface area (Å²) in [7, 11) is 1.69. The quantitative estimate of drug-likeness (QED) is 0.946. The van der Waals surface area contributed by atoms with E-state index in [1.54, 1.807) is 36.5 Å². The Bertz CT molecular complexity index is 587. The number of halogens is 1. The van der Waals surface area contributed by atoms with Gasteiger partial charge in [-0.15, -0.1) is 0 Å². The molecule has 2 rings (SSSR count). The number of nitrogens with zero attached hydrogens (tertiary/aromatic N) is 2. The lowest BCUT2D eigenvalue weighted by Crippen LogP contribution is -2.26. The Hall–Kier alpha value is -1.88. The predicted molar refractivity (Wildman–Crippen MR) is 75.8 cm³/mol. The molecule has 98 valence electrons. The smallest absolute Gasteiger partial charge is 0.257 e. The number of carbonyl (C=O) groups is 1. The van der Waals surface area contributed by atoms with Crippen LogP contribution in [-0.4, -0.2) is 27.9 Å². The van der Waals surface area contributed by atoms with Gasteiger partial charge in [-0.2, -0.15) is 0 Å². The van der Waals surface area contributed by atoms with Gasteiger partial charge in [0.1, 0.15) is 5.75 Å². The van der Waals surface area contributed by atoms with Crippen LogP contribution in [0.3, 0.4) is 0 Å². The van der Waals surface area contributed by atoms with E-state index < -0.39 is 0 Å². The maximum absolute atomic E-state index is 12.2. The summed E-state index contributed by atoms with van der Waals surface area (Å²) in [6, 6.07) is 8.56. The molecule has 0 spiro atoms. The molecule has 5 heteroatoms. The van der Waals surface area contributed by atoms with Gasteiger partial charge in [-0.05, 0) is 29.8 Å². The van der Waals surface area contributed by atoms with Crippen LogP contribution in [0.15, 0.2) is 47.2 Å². The van der Waals surface area contributed by atoms with Crippen molar-refractivity contribution < 1.29 is 9.90 Å². The molecule has 0 saturated heterocycles. The number of aromatic nitrogens is 1. The Morgan fingerprint density at radius 1 is 1.42 bits per heavy atom. The molecule has 4 nitrogen and oxygen atoms in total. The minimum absolute atomic E-state index is 0.0302. The molecule has 0 bridgehead atoms. The average molecular weight is 321 g/mol. The number of pyridine rings is 1. The lowest BCUT2D eigenvalue weighted by molar-refractivity contribution is 0.0782. The summed E-state index contributed by atoms with van der Waals surface area (Å²) in [6.07, 6.45) is 3.40. The monoisotopic (exact) mass is 320 g/mol. The second kappa shape index (κ2) is 5.84. The molecule has 0 fully saturated rings. The zero-order valence-electron chi connectivity index (χ0n) is 10.4. The summed E-state index contributed by atoms with van der Waals surface area (Å²) in [5.41, 5.74) is 1.23. The minimum atomic E-state index is -0.228. The Morgan fingerprint density at radius 3 is 2.84 bits per heavy atom. The Labute approximate surface area is 119 Å². The lowest BCUT2D eigenvalue weighted by atomic mass is 10.1. The lowest BCUT2D eigenvalue weighted by Gasteiger charge is -2.17. The molecular formula is C14H13BrN2O2. The number of amides is 1. The van der Waals surface area contributed by atoms with E-state index in [-0.39, 0.29) is 17.2 Å². The van der Waals surface area contributed by atoms with Gasteiger partial charge in [0.25, 0.3) is 5.91 Å². The van der Waals surface area contributed by atoms with Crippen LogP contribution in [0.2, 0.25) is 0 Å². The number of benzene rings is 1. The van der Waals surface area contributed by atoms with Crippen LogP contribution in [-0.2, 0) is 6.54 Å². The van der Waals surface area contributed by atoms with E-state index in [9.17, 15) is 9.90 Å². The number of phenolic OH excluding ortho intramolecular Hbond substituents is 1. The largest absolute Gasteiger partial charge is 0.507 e. The molecule has 1 N–H and O–H groups in total. The topological polar surface area (TPSA) is 53.4 Å². The van der Waals surface area contributed by atoms with Crippen molar-refractivity contribution in [1.29, 1.82) is 0 Å². The van der Waals surface area contributed by atoms with Crippen LogP contribution >= 0.6 is 15.9 Å².